The van der Waals surface area contributed by atoms with Crippen molar-refractivity contribution in [3.63, 3.8) is 0 Å². The first-order valence-corrected chi connectivity index (χ1v) is 6.35. The van der Waals surface area contributed by atoms with Gasteiger partial charge in [-0.25, -0.2) is 0 Å². The third-order valence-electron chi connectivity index (χ3n) is 2.73. The van der Waals surface area contributed by atoms with Crippen LogP contribution >= 0.6 is 0 Å². The third kappa shape index (κ3) is 3.71. The van der Waals surface area contributed by atoms with E-state index in [4.69, 9.17) is 4.52 Å². The largest absolute Gasteiger partial charge is 0.421 e. The van der Waals surface area contributed by atoms with E-state index in [0.29, 0.717) is 18.2 Å². The first-order chi connectivity index (χ1) is 9.77. The fourth-order valence-electron chi connectivity index (χ4n) is 1.82. The zero-order chi connectivity index (χ0) is 15.6. The van der Waals surface area contributed by atoms with Crippen LogP contribution in [-0.4, -0.2) is 14.7 Å². The predicted molar refractivity (Wildman–Crippen MR) is 67.6 cm³/mol. The van der Waals surface area contributed by atoms with Crippen molar-refractivity contribution < 1.29 is 17.7 Å². The van der Waals surface area contributed by atoms with Gasteiger partial charge in [0.25, 0.3) is 5.56 Å². The van der Waals surface area contributed by atoms with Gasteiger partial charge in [-0.05, 0) is 18.1 Å². The summed E-state index contributed by atoms with van der Waals surface area (Å²) >= 11 is 0. The first kappa shape index (κ1) is 15.3. The molecule has 0 spiro atoms. The van der Waals surface area contributed by atoms with Gasteiger partial charge >= 0.3 is 6.18 Å². The van der Waals surface area contributed by atoms with Crippen molar-refractivity contribution in [2.24, 2.45) is 5.92 Å². The van der Waals surface area contributed by atoms with Crippen molar-refractivity contribution in [3.8, 4) is 0 Å². The maximum absolute atomic E-state index is 12.7. The molecular formula is C13H14F3N3O2. The normalized spacial score (nSPS) is 12.1. The van der Waals surface area contributed by atoms with Gasteiger partial charge in [0, 0.05) is 12.6 Å². The Kier molecular flexibility index (Phi) is 4.15. The van der Waals surface area contributed by atoms with Gasteiger partial charge in [0.15, 0.2) is 5.82 Å². The van der Waals surface area contributed by atoms with Gasteiger partial charge in [-0.3, -0.25) is 4.79 Å². The lowest BCUT2D eigenvalue weighted by Crippen LogP contribution is -2.28. The number of halogens is 3. The number of nitrogens with zero attached hydrogens (tertiary/aromatic N) is 3. The van der Waals surface area contributed by atoms with E-state index in [-0.39, 0.29) is 12.4 Å². The molecule has 2 heterocycles. The molecule has 0 aromatic carbocycles. The van der Waals surface area contributed by atoms with Crippen LogP contribution in [0.15, 0.2) is 27.6 Å². The highest BCUT2D eigenvalue weighted by atomic mass is 19.4. The summed E-state index contributed by atoms with van der Waals surface area (Å²) in [6, 6.07) is 1.92. The predicted octanol–water partition coefficient (Wildman–Crippen LogP) is 2.50. The molecule has 0 aliphatic rings. The molecule has 0 saturated carbocycles. The van der Waals surface area contributed by atoms with Crippen LogP contribution in [0.4, 0.5) is 13.2 Å². The Hall–Kier alpha value is -2.12. The average molecular weight is 301 g/mol. The van der Waals surface area contributed by atoms with Crippen molar-refractivity contribution >= 4 is 0 Å². The molecule has 0 unspecified atom stereocenters. The summed E-state index contributed by atoms with van der Waals surface area (Å²) < 4.78 is 43.9. The highest BCUT2D eigenvalue weighted by Gasteiger charge is 2.34. The standard InChI is InChI=1S/C13H14F3N3O2/c1-8(2)6-11-17-10(18-21-11)7-19-5-3-4-9(12(19)20)13(14,15)16/h3-5,8H,6-7H2,1-2H3. The maximum Gasteiger partial charge on any atom is 0.421 e. The van der Waals surface area contributed by atoms with Crippen LogP contribution in [-0.2, 0) is 19.1 Å². The van der Waals surface area contributed by atoms with Crippen LogP contribution in [0, 0.1) is 5.92 Å². The highest BCUT2D eigenvalue weighted by Crippen LogP contribution is 2.26. The SMILES string of the molecule is CC(C)Cc1nc(Cn2cccc(C(F)(F)F)c2=O)no1. The molecule has 0 fully saturated rings. The fraction of sp³-hybridized carbons (Fsp3) is 0.462. The van der Waals surface area contributed by atoms with Crippen LogP contribution in [0.2, 0.25) is 0 Å². The molecule has 0 atom stereocenters. The van der Waals surface area contributed by atoms with Crippen LogP contribution in [0.3, 0.4) is 0 Å². The molecular weight excluding hydrogens is 287 g/mol. The van der Waals surface area contributed by atoms with Crippen molar-refractivity contribution in [1.29, 1.82) is 0 Å². The van der Waals surface area contributed by atoms with E-state index in [1.54, 1.807) is 0 Å². The van der Waals surface area contributed by atoms with Gasteiger partial charge in [0.2, 0.25) is 5.89 Å². The summed E-state index contributed by atoms with van der Waals surface area (Å²) in [4.78, 5) is 15.8. The Labute approximate surface area is 118 Å². The van der Waals surface area contributed by atoms with E-state index in [1.165, 1.54) is 12.3 Å². The summed E-state index contributed by atoms with van der Waals surface area (Å²) in [5, 5.41) is 3.67. The number of alkyl halides is 3. The Balaban J connectivity index is 2.24. The molecule has 0 amide bonds. The molecule has 21 heavy (non-hydrogen) atoms. The number of rotatable bonds is 4. The van der Waals surface area contributed by atoms with Gasteiger partial charge in [0.1, 0.15) is 5.56 Å². The number of hydrogen-bond acceptors (Lipinski definition) is 4. The summed E-state index contributed by atoms with van der Waals surface area (Å²) in [6.07, 6.45) is -2.85. The summed E-state index contributed by atoms with van der Waals surface area (Å²) in [5.74, 6) is 0.890. The number of hydrogen-bond donors (Lipinski definition) is 0. The Morgan fingerprint density at radius 3 is 2.71 bits per heavy atom. The highest BCUT2D eigenvalue weighted by molar-refractivity contribution is 5.14. The molecule has 2 aromatic rings. The minimum atomic E-state index is -4.68. The molecule has 0 N–H and O–H groups in total. The monoisotopic (exact) mass is 301 g/mol. The van der Waals surface area contributed by atoms with Gasteiger partial charge in [-0.1, -0.05) is 19.0 Å². The van der Waals surface area contributed by atoms with Crippen LogP contribution < -0.4 is 5.56 Å². The second kappa shape index (κ2) is 5.71. The van der Waals surface area contributed by atoms with Crippen molar-refractivity contribution in [2.45, 2.75) is 33.0 Å². The van der Waals surface area contributed by atoms with Gasteiger partial charge in [-0.2, -0.15) is 18.2 Å². The molecule has 5 nitrogen and oxygen atoms in total. The quantitative estimate of drug-likeness (QED) is 0.870. The average Bonchev–Trinajstić information content (AvgIpc) is 2.77. The maximum atomic E-state index is 12.7. The lowest BCUT2D eigenvalue weighted by Gasteiger charge is -2.08. The second-order valence-electron chi connectivity index (χ2n) is 5.05. The van der Waals surface area contributed by atoms with Crippen molar-refractivity contribution in [3.05, 3.63) is 46.0 Å². The first-order valence-electron chi connectivity index (χ1n) is 6.35. The van der Waals surface area contributed by atoms with E-state index in [9.17, 15) is 18.0 Å². The molecule has 8 heteroatoms. The number of aromatic nitrogens is 3. The lowest BCUT2D eigenvalue weighted by atomic mass is 10.1. The molecule has 2 rings (SSSR count). The second-order valence-corrected chi connectivity index (χ2v) is 5.05. The van der Waals surface area contributed by atoms with E-state index in [0.717, 1.165) is 10.6 Å². The van der Waals surface area contributed by atoms with Crippen LogP contribution in [0.1, 0.15) is 31.1 Å². The van der Waals surface area contributed by atoms with E-state index in [1.807, 2.05) is 13.8 Å². The van der Waals surface area contributed by atoms with Crippen molar-refractivity contribution in [2.75, 3.05) is 0 Å². The zero-order valence-corrected chi connectivity index (χ0v) is 11.5. The summed E-state index contributed by atoms with van der Waals surface area (Å²) in [5.41, 5.74) is -2.34. The van der Waals surface area contributed by atoms with Crippen molar-refractivity contribution in [1.82, 2.24) is 14.7 Å². The van der Waals surface area contributed by atoms with E-state index >= 15 is 0 Å². The minimum absolute atomic E-state index is 0.162. The van der Waals surface area contributed by atoms with Gasteiger partial charge in [0.05, 0.1) is 6.54 Å². The van der Waals surface area contributed by atoms with Gasteiger partial charge in [-0.15, -0.1) is 0 Å². The Bertz CT molecular complexity index is 674. The van der Waals surface area contributed by atoms with Gasteiger partial charge < -0.3 is 9.09 Å². The summed E-state index contributed by atoms with van der Waals surface area (Å²) in [7, 11) is 0. The number of pyridine rings is 1. The third-order valence-corrected chi connectivity index (χ3v) is 2.73. The summed E-state index contributed by atoms with van der Waals surface area (Å²) in [6.45, 7) is 3.78. The topological polar surface area (TPSA) is 60.9 Å². The molecule has 0 saturated heterocycles. The zero-order valence-electron chi connectivity index (χ0n) is 11.5. The fourth-order valence-corrected chi connectivity index (χ4v) is 1.82. The van der Waals surface area contributed by atoms with Crippen LogP contribution in [0.5, 0.6) is 0 Å². The molecule has 0 bridgehead atoms. The molecule has 114 valence electrons. The molecule has 2 aromatic heterocycles. The van der Waals surface area contributed by atoms with E-state index in [2.05, 4.69) is 10.1 Å². The molecule has 0 radical (unpaired) electrons. The molecule has 0 aliphatic carbocycles. The Morgan fingerprint density at radius 1 is 1.38 bits per heavy atom. The molecule has 0 aliphatic heterocycles. The van der Waals surface area contributed by atoms with Crippen LogP contribution in [0.25, 0.3) is 0 Å². The lowest BCUT2D eigenvalue weighted by molar-refractivity contribution is -0.138. The Morgan fingerprint density at radius 2 is 2.10 bits per heavy atom. The van der Waals surface area contributed by atoms with E-state index < -0.39 is 17.3 Å². The minimum Gasteiger partial charge on any atom is -0.339 e. The smallest absolute Gasteiger partial charge is 0.339 e.